The lowest BCUT2D eigenvalue weighted by Crippen LogP contribution is -2.24. The molecule has 0 spiro atoms. The fourth-order valence-electron chi connectivity index (χ4n) is 1.61. The first-order valence-electron chi connectivity index (χ1n) is 5.76. The van der Waals surface area contributed by atoms with Crippen LogP contribution in [-0.2, 0) is 4.74 Å². The highest BCUT2D eigenvalue weighted by Gasteiger charge is 2.11. The lowest BCUT2D eigenvalue weighted by Gasteiger charge is -2.21. The molecule has 0 aliphatic rings. The molecular formula is C13H18BrNO3. The Morgan fingerprint density at radius 2 is 2.17 bits per heavy atom. The van der Waals surface area contributed by atoms with Crippen molar-refractivity contribution >= 4 is 27.4 Å². The molecule has 0 aliphatic heterocycles. The zero-order valence-electron chi connectivity index (χ0n) is 10.6. The van der Waals surface area contributed by atoms with Crippen LogP contribution in [-0.4, -0.2) is 44.3 Å². The minimum absolute atomic E-state index is 0.0285. The molecule has 1 aromatic carbocycles. The first kappa shape index (κ1) is 15.1. The molecule has 0 radical (unpaired) electrons. The molecule has 1 aromatic rings. The fourth-order valence-corrected chi connectivity index (χ4v) is 1.97. The van der Waals surface area contributed by atoms with Crippen molar-refractivity contribution in [3.63, 3.8) is 0 Å². The highest BCUT2D eigenvalue weighted by Crippen LogP contribution is 2.24. The highest BCUT2D eigenvalue weighted by molar-refractivity contribution is 9.10. The van der Waals surface area contributed by atoms with Crippen molar-refractivity contribution in [3.8, 4) is 0 Å². The van der Waals surface area contributed by atoms with Gasteiger partial charge in [-0.15, -0.1) is 0 Å². The molecule has 5 heteroatoms. The molecule has 4 nitrogen and oxygen atoms in total. The molecular weight excluding hydrogens is 298 g/mol. The molecule has 1 rings (SSSR count). The van der Waals surface area contributed by atoms with Gasteiger partial charge in [-0.25, -0.2) is 0 Å². The van der Waals surface area contributed by atoms with E-state index >= 15 is 0 Å². The summed E-state index contributed by atoms with van der Waals surface area (Å²) in [5.74, 6) is 0.0365. The molecule has 1 N–H and O–H groups in total. The second kappa shape index (κ2) is 7.51. The number of anilines is 1. The number of ether oxygens (including phenoxy) is 1. The average molecular weight is 316 g/mol. The molecule has 0 heterocycles. The van der Waals surface area contributed by atoms with E-state index in [9.17, 15) is 4.79 Å². The third-order valence-corrected chi connectivity index (χ3v) is 3.05. The van der Waals surface area contributed by atoms with Gasteiger partial charge >= 0.3 is 0 Å². The lowest BCUT2D eigenvalue weighted by molar-refractivity contribution is 0.0969. The number of Topliss-reactive ketones (excluding diaryl/α,β-unsaturated/α-hetero) is 1. The molecule has 0 saturated carbocycles. The van der Waals surface area contributed by atoms with Crippen LogP contribution < -0.4 is 4.90 Å². The second-order valence-electron chi connectivity index (χ2n) is 3.98. The van der Waals surface area contributed by atoms with Crippen molar-refractivity contribution in [1.82, 2.24) is 0 Å². The lowest BCUT2D eigenvalue weighted by atomic mass is 10.1. The maximum atomic E-state index is 11.6. The summed E-state index contributed by atoms with van der Waals surface area (Å²) in [5.41, 5.74) is 1.58. The van der Waals surface area contributed by atoms with E-state index in [0.717, 1.165) is 10.2 Å². The van der Waals surface area contributed by atoms with Crippen molar-refractivity contribution < 1.29 is 14.6 Å². The van der Waals surface area contributed by atoms with Gasteiger partial charge in [0.2, 0.25) is 0 Å². The van der Waals surface area contributed by atoms with Gasteiger partial charge in [0, 0.05) is 29.3 Å². The summed E-state index contributed by atoms with van der Waals surface area (Å²) in [7, 11) is 1.91. The number of aliphatic hydroxyl groups is 1. The van der Waals surface area contributed by atoms with E-state index in [1.54, 1.807) is 6.92 Å². The Kier molecular flexibility index (Phi) is 6.32. The molecule has 100 valence electrons. The number of aliphatic hydroxyl groups excluding tert-OH is 1. The normalized spacial score (nSPS) is 10.4. The standard InChI is InChI=1S/C13H18BrNO3/c1-10(17)12-9-11(14)3-4-13(12)15(2)5-7-18-8-6-16/h3-4,9,16H,5-8H2,1-2H3. The van der Waals surface area contributed by atoms with E-state index in [0.29, 0.717) is 25.3 Å². The maximum absolute atomic E-state index is 11.6. The summed E-state index contributed by atoms with van der Waals surface area (Å²) in [6.45, 7) is 3.11. The van der Waals surface area contributed by atoms with Crippen molar-refractivity contribution in [3.05, 3.63) is 28.2 Å². The van der Waals surface area contributed by atoms with E-state index in [2.05, 4.69) is 15.9 Å². The topological polar surface area (TPSA) is 49.8 Å². The fraction of sp³-hybridized carbons (Fsp3) is 0.462. The van der Waals surface area contributed by atoms with Crippen LogP contribution in [0, 0.1) is 0 Å². The second-order valence-corrected chi connectivity index (χ2v) is 4.89. The average Bonchev–Trinajstić information content (AvgIpc) is 2.34. The predicted octanol–water partition coefficient (Wildman–Crippen LogP) is 2.10. The summed E-state index contributed by atoms with van der Waals surface area (Å²) in [6, 6.07) is 5.64. The Bertz CT molecular complexity index is 409. The zero-order valence-corrected chi connectivity index (χ0v) is 12.2. The van der Waals surface area contributed by atoms with Crippen molar-refractivity contribution in [2.24, 2.45) is 0 Å². The van der Waals surface area contributed by atoms with Crippen LogP contribution in [0.5, 0.6) is 0 Å². The minimum atomic E-state index is 0.0285. The van der Waals surface area contributed by atoms with Gasteiger partial charge in [-0.05, 0) is 25.1 Å². The van der Waals surface area contributed by atoms with Crippen molar-refractivity contribution in [1.29, 1.82) is 0 Å². The summed E-state index contributed by atoms with van der Waals surface area (Å²) >= 11 is 3.36. The molecule has 0 bridgehead atoms. The first-order valence-corrected chi connectivity index (χ1v) is 6.55. The van der Waals surface area contributed by atoms with Crippen LogP contribution in [0.4, 0.5) is 5.69 Å². The Hall–Kier alpha value is -0.910. The van der Waals surface area contributed by atoms with Gasteiger partial charge in [-0.1, -0.05) is 15.9 Å². The van der Waals surface area contributed by atoms with Crippen molar-refractivity contribution in [2.75, 3.05) is 38.3 Å². The smallest absolute Gasteiger partial charge is 0.161 e. The quantitative estimate of drug-likeness (QED) is 0.618. The SMILES string of the molecule is CC(=O)c1cc(Br)ccc1N(C)CCOCCO. The molecule has 0 atom stereocenters. The number of carbonyl (C=O) groups excluding carboxylic acids is 1. The van der Waals surface area contributed by atoms with Crippen LogP contribution in [0.2, 0.25) is 0 Å². The van der Waals surface area contributed by atoms with Gasteiger partial charge in [0.1, 0.15) is 0 Å². The van der Waals surface area contributed by atoms with Crippen LogP contribution in [0.1, 0.15) is 17.3 Å². The van der Waals surface area contributed by atoms with E-state index in [1.165, 1.54) is 0 Å². The largest absolute Gasteiger partial charge is 0.394 e. The number of hydrogen-bond acceptors (Lipinski definition) is 4. The maximum Gasteiger partial charge on any atom is 0.161 e. The predicted molar refractivity (Wildman–Crippen MR) is 75.3 cm³/mol. The molecule has 0 amide bonds. The highest BCUT2D eigenvalue weighted by atomic mass is 79.9. The van der Waals surface area contributed by atoms with E-state index < -0.39 is 0 Å². The van der Waals surface area contributed by atoms with Crippen LogP contribution in [0.3, 0.4) is 0 Å². The number of ketones is 1. The third-order valence-electron chi connectivity index (χ3n) is 2.56. The Labute approximate surface area is 116 Å². The van der Waals surface area contributed by atoms with Gasteiger partial charge in [-0.3, -0.25) is 4.79 Å². The number of hydrogen-bond donors (Lipinski definition) is 1. The zero-order chi connectivity index (χ0) is 13.5. The van der Waals surface area contributed by atoms with E-state index in [-0.39, 0.29) is 12.4 Å². The van der Waals surface area contributed by atoms with Gasteiger partial charge in [0.05, 0.1) is 19.8 Å². The van der Waals surface area contributed by atoms with Crippen LogP contribution >= 0.6 is 15.9 Å². The number of rotatable bonds is 7. The molecule has 0 fully saturated rings. The number of nitrogens with zero attached hydrogens (tertiary/aromatic N) is 1. The molecule has 0 unspecified atom stereocenters. The van der Waals surface area contributed by atoms with E-state index in [4.69, 9.17) is 9.84 Å². The van der Waals surface area contributed by atoms with Gasteiger partial charge < -0.3 is 14.7 Å². The Balaban J connectivity index is 2.72. The summed E-state index contributed by atoms with van der Waals surface area (Å²) in [6.07, 6.45) is 0. The van der Waals surface area contributed by atoms with Crippen LogP contribution in [0.25, 0.3) is 0 Å². The van der Waals surface area contributed by atoms with Gasteiger partial charge in [0.25, 0.3) is 0 Å². The summed E-state index contributed by atoms with van der Waals surface area (Å²) in [4.78, 5) is 13.6. The molecule has 0 saturated heterocycles. The first-order chi connectivity index (χ1) is 8.56. The number of carbonyl (C=O) groups is 1. The summed E-state index contributed by atoms with van der Waals surface area (Å²) in [5, 5.41) is 8.61. The number of likely N-dealkylation sites (N-methyl/N-ethyl adjacent to an activating group) is 1. The molecule has 18 heavy (non-hydrogen) atoms. The molecule has 0 aliphatic carbocycles. The number of benzene rings is 1. The Morgan fingerprint density at radius 1 is 1.44 bits per heavy atom. The third kappa shape index (κ3) is 4.40. The van der Waals surface area contributed by atoms with Crippen LogP contribution in [0.15, 0.2) is 22.7 Å². The summed E-state index contributed by atoms with van der Waals surface area (Å²) < 4.78 is 6.10. The van der Waals surface area contributed by atoms with E-state index in [1.807, 2.05) is 30.1 Å². The van der Waals surface area contributed by atoms with Gasteiger partial charge in [0.15, 0.2) is 5.78 Å². The van der Waals surface area contributed by atoms with Crippen molar-refractivity contribution in [2.45, 2.75) is 6.92 Å². The van der Waals surface area contributed by atoms with Gasteiger partial charge in [-0.2, -0.15) is 0 Å². The molecule has 0 aromatic heterocycles. The minimum Gasteiger partial charge on any atom is -0.394 e. The Morgan fingerprint density at radius 3 is 2.78 bits per heavy atom. The monoisotopic (exact) mass is 315 g/mol. The number of halogens is 1.